The molecule has 2 heterocycles. The lowest BCUT2D eigenvalue weighted by atomic mass is 10.0. The largest absolute Gasteiger partial charge is 0.379 e. The summed E-state index contributed by atoms with van der Waals surface area (Å²) >= 11 is 0. The second kappa shape index (κ2) is 4.60. The average molecular weight is 199 g/mol. The molecule has 0 amide bonds. The van der Waals surface area contributed by atoms with Crippen molar-refractivity contribution < 1.29 is 9.47 Å². The van der Waals surface area contributed by atoms with Gasteiger partial charge < -0.3 is 14.4 Å². The van der Waals surface area contributed by atoms with Crippen molar-refractivity contribution >= 4 is 0 Å². The van der Waals surface area contributed by atoms with E-state index in [0.29, 0.717) is 18.2 Å². The van der Waals surface area contributed by atoms with Crippen LogP contribution in [0.25, 0.3) is 0 Å². The number of ether oxygens (including phenoxy) is 2. The summed E-state index contributed by atoms with van der Waals surface area (Å²) in [6.45, 7) is 5.13. The molecule has 0 aromatic rings. The molecular weight excluding hydrogens is 178 g/mol. The second-order valence-corrected chi connectivity index (χ2v) is 4.60. The summed E-state index contributed by atoms with van der Waals surface area (Å²) in [5.41, 5.74) is 0. The molecule has 0 saturated carbocycles. The van der Waals surface area contributed by atoms with Gasteiger partial charge in [0.05, 0.1) is 18.8 Å². The van der Waals surface area contributed by atoms with Gasteiger partial charge in [0.1, 0.15) is 0 Å². The molecule has 3 nitrogen and oxygen atoms in total. The van der Waals surface area contributed by atoms with Gasteiger partial charge in [0.25, 0.3) is 0 Å². The Labute approximate surface area is 86.4 Å². The molecule has 0 radical (unpaired) electrons. The summed E-state index contributed by atoms with van der Waals surface area (Å²) in [5, 5.41) is 0. The van der Waals surface area contributed by atoms with E-state index in [4.69, 9.17) is 9.47 Å². The molecule has 2 rings (SSSR count). The topological polar surface area (TPSA) is 21.7 Å². The molecular formula is C11H21NO2. The maximum atomic E-state index is 6.02. The monoisotopic (exact) mass is 199 g/mol. The van der Waals surface area contributed by atoms with Gasteiger partial charge in [-0.1, -0.05) is 0 Å². The highest BCUT2D eigenvalue weighted by Crippen LogP contribution is 2.21. The molecule has 14 heavy (non-hydrogen) atoms. The van der Waals surface area contributed by atoms with Crippen molar-refractivity contribution in [3.63, 3.8) is 0 Å². The van der Waals surface area contributed by atoms with E-state index in [-0.39, 0.29) is 0 Å². The maximum Gasteiger partial charge on any atom is 0.0834 e. The summed E-state index contributed by atoms with van der Waals surface area (Å²) < 4.78 is 11.3. The van der Waals surface area contributed by atoms with Crippen LogP contribution >= 0.6 is 0 Å². The van der Waals surface area contributed by atoms with Crippen LogP contribution in [0, 0.1) is 0 Å². The first kappa shape index (κ1) is 10.4. The molecule has 0 bridgehead atoms. The zero-order valence-corrected chi connectivity index (χ0v) is 9.24. The molecule has 2 unspecified atom stereocenters. The van der Waals surface area contributed by atoms with E-state index in [1.165, 1.54) is 19.4 Å². The Hall–Kier alpha value is -0.120. The minimum Gasteiger partial charge on any atom is -0.379 e. The van der Waals surface area contributed by atoms with E-state index in [9.17, 15) is 0 Å². The van der Waals surface area contributed by atoms with Crippen LogP contribution in [0.2, 0.25) is 0 Å². The highest BCUT2D eigenvalue weighted by Gasteiger charge is 2.27. The zero-order valence-electron chi connectivity index (χ0n) is 9.24. The fourth-order valence-corrected chi connectivity index (χ4v) is 2.26. The van der Waals surface area contributed by atoms with Gasteiger partial charge in [-0.25, -0.2) is 0 Å². The van der Waals surface area contributed by atoms with Crippen LogP contribution in [0.15, 0.2) is 0 Å². The van der Waals surface area contributed by atoms with Gasteiger partial charge in [-0.2, -0.15) is 0 Å². The van der Waals surface area contributed by atoms with Crippen molar-refractivity contribution in [2.75, 3.05) is 26.8 Å². The normalized spacial score (nSPS) is 40.3. The van der Waals surface area contributed by atoms with E-state index in [1.54, 1.807) is 0 Å². The molecule has 2 fully saturated rings. The van der Waals surface area contributed by atoms with E-state index in [0.717, 1.165) is 19.6 Å². The summed E-state index contributed by atoms with van der Waals surface area (Å²) in [4.78, 5) is 2.41. The van der Waals surface area contributed by atoms with E-state index < -0.39 is 0 Å². The Balaban J connectivity index is 1.75. The van der Waals surface area contributed by atoms with Crippen molar-refractivity contribution in [3.05, 3.63) is 0 Å². The van der Waals surface area contributed by atoms with Gasteiger partial charge in [-0.15, -0.1) is 0 Å². The van der Waals surface area contributed by atoms with Gasteiger partial charge in [0.15, 0.2) is 0 Å². The van der Waals surface area contributed by atoms with Crippen LogP contribution < -0.4 is 0 Å². The molecule has 0 aromatic carbocycles. The van der Waals surface area contributed by atoms with Crippen LogP contribution in [0.5, 0.6) is 0 Å². The molecule has 0 spiro atoms. The van der Waals surface area contributed by atoms with Crippen molar-refractivity contribution in [2.45, 2.75) is 44.4 Å². The predicted octanol–water partition coefficient (Wildman–Crippen LogP) is 1.27. The molecule has 2 aliphatic rings. The Morgan fingerprint density at radius 1 is 1.29 bits per heavy atom. The van der Waals surface area contributed by atoms with Gasteiger partial charge in [0.2, 0.25) is 0 Å². The Morgan fingerprint density at radius 3 is 2.79 bits per heavy atom. The maximum absolute atomic E-state index is 6.02. The molecule has 0 aromatic heterocycles. The quantitative estimate of drug-likeness (QED) is 0.668. The minimum absolute atomic E-state index is 0.371. The van der Waals surface area contributed by atoms with Gasteiger partial charge in [-0.05, 0) is 33.2 Å². The van der Waals surface area contributed by atoms with Crippen LogP contribution in [-0.2, 0) is 9.47 Å². The molecule has 82 valence electrons. The third-order valence-corrected chi connectivity index (χ3v) is 3.43. The Morgan fingerprint density at radius 2 is 2.14 bits per heavy atom. The van der Waals surface area contributed by atoms with E-state index in [1.807, 2.05) is 0 Å². The lowest BCUT2D eigenvalue weighted by molar-refractivity contribution is -0.0521. The summed E-state index contributed by atoms with van der Waals surface area (Å²) in [6.07, 6.45) is 4.27. The van der Waals surface area contributed by atoms with Crippen LogP contribution in [0.1, 0.15) is 26.2 Å². The summed E-state index contributed by atoms with van der Waals surface area (Å²) in [5.74, 6) is 0. The highest BCUT2D eigenvalue weighted by atomic mass is 16.5. The zero-order chi connectivity index (χ0) is 9.97. The predicted molar refractivity (Wildman–Crippen MR) is 55.4 cm³/mol. The number of hydrogen-bond acceptors (Lipinski definition) is 3. The SMILES string of the molecule is C[C@@H]1CC(OC2CCOC2)CCN1C. The standard InChI is InChI=1S/C11H21NO2/c1-9-7-10(3-5-12(9)2)14-11-4-6-13-8-11/h9-11H,3-8H2,1-2H3/t9-,10?,11?/m1/s1. The highest BCUT2D eigenvalue weighted by molar-refractivity contribution is 4.78. The third-order valence-electron chi connectivity index (χ3n) is 3.43. The molecule has 2 aliphatic heterocycles. The minimum atomic E-state index is 0.371. The van der Waals surface area contributed by atoms with E-state index in [2.05, 4.69) is 18.9 Å². The number of likely N-dealkylation sites (tertiary alicyclic amines) is 1. The molecule has 3 heteroatoms. The smallest absolute Gasteiger partial charge is 0.0834 e. The van der Waals surface area contributed by atoms with Crippen molar-refractivity contribution in [1.29, 1.82) is 0 Å². The van der Waals surface area contributed by atoms with Gasteiger partial charge in [-0.3, -0.25) is 0 Å². The molecule has 3 atom stereocenters. The molecule has 0 N–H and O–H groups in total. The number of piperidine rings is 1. The molecule has 2 saturated heterocycles. The Bertz CT molecular complexity index is 180. The average Bonchev–Trinajstić information content (AvgIpc) is 2.64. The lowest BCUT2D eigenvalue weighted by Crippen LogP contribution is -2.42. The van der Waals surface area contributed by atoms with Crippen LogP contribution in [-0.4, -0.2) is 50.0 Å². The van der Waals surface area contributed by atoms with Crippen molar-refractivity contribution in [2.24, 2.45) is 0 Å². The summed E-state index contributed by atoms with van der Waals surface area (Å²) in [6, 6.07) is 0.663. The molecule has 0 aliphatic carbocycles. The first-order valence-electron chi connectivity index (χ1n) is 5.69. The fraction of sp³-hybridized carbons (Fsp3) is 1.00. The Kier molecular flexibility index (Phi) is 3.42. The lowest BCUT2D eigenvalue weighted by Gasteiger charge is -2.35. The number of nitrogens with zero attached hydrogens (tertiary/aromatic N) is 1. The third kappa shape index (κ3) is 2.47. The van der Waals surface area contributed by atoms with Crippen LogP contribution in [0.4, 0.5) is 0 Å². The van der Waals surface area contributed by atoms with Crippen molar-refractivity contribution in [3.8, 4) is 0 Å². The fourth-order valence-electron chi connectivity index (χ4n) is 2.26. The number of rotatable bonds is 2. The first-order chi connectivity index (χ1) is 6.75. The van der Waals surface area contributed by atoms with E-state index >= 15 is 0 Å². The van der Waals surface area contributed by atoms with Gasteiger partial charge >= 0.3 is 0 Å². The second-order valence-electron chi connectivity index (χ2n) is 4.60. The van der Waals surface area contributed by atoms with Crippen LogP contribution in [0.3, 0.4) is 0 Å². The number of hydrogen-bond donors (Lipinski definition) is 0. The van der Waals surface area contributed by atoms with Gasteiger partial charge in [0, 0.05) is 19.2 Å². The summed E-state index contributed by atoms with van der Waals surface area (Å²) in [7, 11) is 2.19. The first-order valence-corrected chi connectivity index (χ1v) is 5.69. The van der Waals surface area contributed by atoms with Crippen molar-refractivity contribution in [1.82, 2.24) is 4.90 Å².